The first-order chi connectivity index (χ1) is 11.3. The van der Waals surface area contributed by atoms with Crippen molar-refractivity contribution in [3.63, 3.8) is 0 Å². The van der Waals surface area contributed by atoms with Gasteiger partial charge < -0.3 is 10.2 Å². The van der Waals surface area contributed by atoms with Crippen molar-refractivity contribution in [2.45, 2.75) is 25.2 Å². The van der Waals surface area contributed by atoms with Crippen molar-refractivity contribution < 1.29 is 4.79 Å². The zero-order chi connectivity index (χ0) is 16.1. The molecule has 0 saturated carbocycles. The summed E-state index contributed by atoms with van der Waals surface area (Å²) in [4.78, 5) is 18.9. The van der Waals surface area contributed by atoms with E-state index in [0.29, 0.717) is 11.5 Å². The van der Waals surface area contributed by atoms with Gasteiger partial charge >= 0.3 is 0 Å². The molecule has 4 heteroatoms. The predicted octanol–water partition coefficient (Wildman–Crippen LogP) is 3.53. The van der Waals surface area contributed by atoms with Crippen LogP contribution in [0.3, 0.4) is 0 Å². The molecule has 3 rings (SSSR count). The van der Waals surface area contributed by atoms with Crippen LogP contribution in [0, 0.1) is 0 Å². The van der Waals surface area contributed by atoms with Gasteiger partial charge in [0.1, 0.15) is 5.82 Å². The Bertz CT molecular complexity index is 639. The van der Waals surface area contributed by atoms with E-state index < -0.39 is 0 Å². The lowest BCUT2D eigenvalue weighted by molar-refractivity contribution is 0.0760. The highest BCUT2D eigenvalue weighted by Crippen LogP contribution is 2.28. The molecule has 0 spiro atoms. The highest BCUT2D eigenvalue weighted by atomic mass is 16.2. The Kier molecular flexibility index (Phi) is 4.91. The summed E-state index contributed by atoms with van der Waals surface area (Å²) in [5.41, 5.74) is 2.06. The van der Waals surface area contributed by atoms with Gasteiger partial charge in [-0.2, -0.15) is 0 Å². The molecule has 0 unspecified atom stereocenters. The summed E-state index contributed by atoms with van der Waals surface area (Å²) in [5.74, 6) is 1.43. The normalized spacial score (nSPS) is 18.3. The fourth-order valence-electron chi connectivity index (χ4n) is 3.21. The molecule has 1 aromatic heterocycles. The van der Waals surface area contributed by atoms with E-state index in [4.69, 9.17) is 0 Å². The van der Waals surface area contributed by atoms with Crippen molar-refractivity contribution >= 4 is 11.7 Å². The second-order valence-electron chi connectivity index (χ2n) is 6.01. The van der Waals surface area contributed by atoms with Gasteiger partial charge in [-0.15, -0.1) is 0 Å². The third kappa shape index (κ3) is 3.70. The average Bonchev–Trinajstić information content (AvgIpc) is 2.88. The SMILES string of the molecule is CNc1ccc(C(=O)N2CCC[C@@H](c3ccccc3)CC2)cn1. The number of nitrogens with zero attached hydrogens (tertiary/aromatic N) is 2. The van der Waals surface area contributed by atoms with E-state index in [1.807, 2.05) is 24.1 Å². The van der Waals surface area contributed by atoms with Crippen LogP contribution >= 0.6 is 0 Å². The molecule has 1 aliphatic rings. The van der Waals surface area contributed by atoms with Gasteiger partial charge in [0.25, 0.3) is 5.91 Å². The molecule has 1 fully saturated rings. The van der Waals surface area contributed by atoms with Gasteiger partial charge in [0.2, 0.25) is 0 Å². The van der Waals surface area contributed by atoms with E-state index in [1.54, 1.807) is 6.20 Å². The molecule has 1 atom stereocenters. The lowest BCUT2D eigenvalue weighted by Gasteiger charge is -2.20. The molecule has 120 valence electrons. The molecule has 0 aliphatic carbocycles. The lowest BCUT2D eigenvalue weighted by atomic mass is 9.92. The third-order valence-electron chi connectivity index (χ3n) is 4.55. The van der Waals surface area contributed by atoms with Crippen molar-refractivity contribution in [1.82, 2.24) is 9.88 Å². The van der Waals surface area contributed by atoms with Crippen LogP contribution in [0.25, 0.3) is 0 Å². The quantitative estimate of drug-likeness (QED) is 0.943. The minimum atomic E-state index is 0.0915. The molecule has 1 N–H and O–H groups in total. The van der Waals surface area contributed by atoms with Crippen LogP contribution in [0.15, 0.2) is 48.7 Å². The number of benzene rings is 1. The number of hydrogen-bond acceptors (Lipinski definition) is 3. The maximum Gasteiger partial charge on any atom is 0.255 e. The molecular formula is C19H23N3O. The van der Waals surface area contributed by atoms with E-state index >= 15 is 0 Å². The number of carbonyl (C=O) groups is 1. The van der Waals surface area contributed by atoms with Gasteiger partial charge in [0.05, 0.1) is 5.56 Å². The smallest absolute Gasteiger partial charge is 0.255 e. The first-order valence-corrected chi connectivity index (χ1v) is 8.26. The number of anilines is 1. The Balaban J connectivity index is 1.66. The molecule has 23 heavy (non-hydrogen) atoms. The van der Waals surface area contributed by atoms with Crippen molar-refractivity contribution in [2.75, 3.05) is 25.5 Å². The van der Waals surface area contributed by atoms with Crippen LogP contribution in [-0.4, -0.2) is 35.9 Å². The van der Waals surface area contributed by atoms with E-state index in [0.717, 1.165) is 38.2 Å². The van der Waals surface area contributed by atoms with Gasteiger partial charge in [-0.05, 0) is 42.9 Å². The topological polar surface area (TPSA) is 45.2 Å². The molecule has 1 saturated heterocycles. The van der Waals surface area contributed by atoms with E-state index in [1.165, 1.54) is 5.56 Å². The number of amides is 1. The minimum Gasteiger partial charge on any atom is -0.373 e. The fourth-order valence-corrected chi connectivity index (χ4v) is 3.21. The predicted molar refractivity (Wildman–Crippen MR) is 92.7 cm³/mol. The Morgan fingerprint density at radius 1 is 1.13 bits per heavy atom. The van der Waals surface area contributed by atoms with Crippen molar-refractivity contribution in [3.05, 3.63) is 59.8 Å². The Morgan fingerprint density at radius 2 is 1.96 bits per heavy atom. The number of hydrogen-bond donors (Lipinski definition) is 1. The first kappa shape index (κ1) is 15.5. The van der Waals surface area contributed by atoms with Crippen LogP contribution in [0.5, 0.6) is 0 Å². The van der Waals surface area contributed by atoms with Gasteiger partial charge in [-0.3, -0.25) is 4.79 Å². The number of rotatable bonds is 3. The first-order valence-electron chi connectivity index (χ1n) is 8.26. The molecule has 2 aromatic rings. The Labute approximate surface area is 137 Å². The highest BCUT2D eigenvalue weighted by Gasteiger charge is 2.22. The highest BCUT2D eigenvalue weighted by molar-refractivity contribution is 5.94. The number of likely N-dealkylation sites (tertiary alicyclic amines) is 1. The second kappa shape index (κ2) is 7.27. The maximum absolute atomic E-state index is 12.7. The lowest BCUT2D eigenvalue weighted by Crippen LogP contribution is -2.32. The second-order valence-corrected chi connectivity index (χ2v) is 6.01. The zero-order valence-electron chi connectivity index (χ0n) is 13.5. The van der Waals surface area contributed by atoms with Crippen molar-refractivity contribution in [2.24, 2.45) is 0 Å². The summed E-state index contributed by atoms with van der Waals surface area (Å²) >= 11 is 0. The van der Waals surface area contributed by atoms with Crippen LogP contribution in [0.4, 0.5) is 5.82 Å². The third-order valence-corrected chi connectivity index (χ3v) is 4.55. The summed E-state index contributed by atoms with van der Waals surface area (Å²) < 4.78 is 0. The van der Waals surface area contributed by atoms with Gasteiger partial charge in [0.15, 0.2) is 0 Å². The summed E-state index contributed by atoms with van der Waals surface area (Å²) in [6.07, 6.45) is 4.88. The molecule has 0 bridgehead atoms. The summed E-state index contributed by atoms with van der Waals surface area (Å²) in [7, 11) is 1.82. The van der Waals surface area contributed by atoms with E-state index in [9.17, 15) is 4.79 Å². The van der Waals surface area contributed by atoms with E-state index in [2.05, 4.69) is 40.6 Å². The largest absolute Gasteiger partial charge is 0.373 e. The van der Waals surface area contributed by atoms with Gasteiger partial charge in [-0.1, -0.05) is 30.3 Å². The molecule has 1 aliphatic heterocycles. The van der Waals surface area contributed by atoms with Crippen molar-refractivity contribution in [1.29, 1.82) is 0 Å². The molecule has 4 nitrogen and oxygen atoms in total. The van der Waals surface area contributed by atoms with Gasteiger partial charge in [0, 0.05) is 26.3 Å². The zero-order valence-corrected chi connectivity index (χ0v) is 13.5. The Hall–Kier alpha value is -2.36. The van der Waals surface area contributed by atoms with Crippen LogP contribution in [0.1, 0.15) is 41.1 Å². The number of pyridine rings is 1. The van der Waals surface area contributed by atoms with Crippen LogP contribution in [-0.2, 0) is 0 Å². The summed E-state index contributed by atoms with van der Waals surface area (Å²) in [5, 5.41) is 2.97. The molecule has 0 radical (unpaired) electrons. The summed E-state index contributed by atoms with van der Waals surface area (Å²) in [6, 6.07) is 14.3. The average molecular weight is 309 g/mol. The maximum atomic E-state index is 12.7. The standard InChI is InChI=1S/C19H23N3O/c1-20-18-10-9-17(14-21-18)19(23)22-12-5-8-16(11-13-22)15-6-3-2-4-7-15/h2-4,6-7,9-10,14,16H,5,8,11-13H2,1H3,(H,20,21)/t16-/m1/s1. The number of aromatic nitrogens is 1. The fraction of sp³-hybridized carbons (Fsp3) is 0.368. The van der Waals surface area contributed by atoms with Crippen LogP contribution < -0.4 is 5.32 Å². The van der Waals surface area contributed by atoms with Gasteiger partial charge in [-0.25, -0.2) is 4.98 Å². The monoisotopic (exact) mass is 309 g/mol. The summed E-state index contributed by atoms with van der Waals surface area (Å²) in [6.45, 7) is 1.64. The number of nitrogens with one attached hydrogen (secondary N) is 1. The molecular weight excluding hydrogens is 286 g/mol. The Morgan fingerprint density at radius 3 is 2.65 bits per heavy atom. The molecule has 1 aromatic carbocycles. The van der Waals surface area contributed by atoms with Crippen LogP contribution in [0.2, 0.25) is 0 Å². The molecule has 2 heterocycles. The van der Waals surface area contributed by atoms with E-state index in [-0.39, 0.29) is 5.91 Å². The molecule has 1 amide bonds. The van der Waals surface area contributed by atoms with Crippen molar-refractivity contribution in [3.8, 4) is 0 Å². The minimum absolute atomic E-state index is 0.0915. The number of carbonyl (C=O) groups excluding carboxylic acids is 1.